The Balaban J connectivity index is 0.860. The normalized spacial score (nSPS) is 18.4. The van der Waals surface area contributed by atoms with Crippen LogP contribution in [0.2, 0.25) is 5.02 Å². The Bertz CT molecular complexity index is 2640. The van der Waals surface area contributed by atoms with Crippen LogP contribution in [-0.2, 0) is 19.2 Å². The number of imide groups is 2. The van der Waals surface area contributed by atoms with Crippen LogP contribution in [0.3, 0.4) is 0 Å². The van der Waals surface area contributed by atoms with E-state index in [1.165, 1.54) is 29.5 Å². The zero-order valence-corrected chi connectivity index (χ0v) is 39.1. The molecular formula is C46H52ClN11O8S. The first-order chi connectivity index (χ1) is 32.3. The van der Waals surface area contributed by atoms with Crippen molar-refractivity contribution in [3.63, 3.8) is 0 Å². The molecule has 0 bridgehead atoms. The summed E-state index contributed by atoms with van der Waals surface area (Å²) in [6.07, 6.45) is 1.98. The van der Waals surface area contributed by atoms with Gasteiger partial charge in [-0.15, -0.1) is 21.5 Å². The van der Waals surface area contributed by atoms with Crippen molar-refractivity contribution in [1.82, 2.24) is 50.7 Å². The number of halogens is 1. The number of hydrogen-bond acceptors (Lipinski definition) is 14. The Labute approximate surface area is 395 Å². The summed E-state index contributed by atoms with van der Waals surface area (Å²) >= 11 is 7.61. The van der Waals surface area contributed by atoms with E-state index in [9.17, 15) is 33.6 Å². The number of piperidine rings is 1. The average molecular weight is 955 g/mol. The van der Waals surface area contributed by atoms with Crippen molar-refractivity contribution in [3.05, 3.63) is 91.8 Å². The van der Waals surface area contributed by atoms with Crippen LogP contribution in [0.5, 0.6) is 5.75 Å². The van der Waals surface area contributed by atoms with Gasteiger partial charge >= 0.3 is 0 Å². The van der Waals surface area contributed by atoms with Gasteiger partial charge in [-0.1, -0.05) is 29.8 Å². The zero-order valence-electron chi connectivity index (χ0n) is 37.5. The highest BCUT2D eigenvalue weighted by atomic mass is 35.5. The van der Waals surface area contributed by atoms with Gasteiger partial charge in [0, 0.05) is 68.4 Å². The van der Waals surface area contributed by atoms with Crippen LogP contribution < -0.4 is 26.0 Å². The van der Waals surface area contributed by atoms with Crippen LogP contribution in [-0.4, -0.2) is 149 Å². The highest BCUT2D eigenvalue weighted by molar-refractivity contribution is 7.17. The first-order valence-electron chi connectivity index (χ1n) is 22.4. The molecule has 8 rings (SSSR count). The molecule has 0 saturated carbocycles. The molecule has 7 amide bonds. The number of nitrogens with one attached hydrogen (secondary N) is 4. The number of nitrogens with zero attached hydrogens (tertiary/aromatic N) is 7. The number of hydrogen-bond donors (Lipinski definition) is 4. The van der Waals surface area contributed by atoms with E-state index in [2.05, 4.69) is 48.3 Å². The number of unbranched alkanes of at least 4 members (excludes halogenated alkanes) is 1. The molecule has 0 radical (unpaired) electrons. The maximum Gasteiger partial charge on any atom is 0.266 e. The maximum absolute atomic E-state index is 13.8. The number of aliphatic imine (C=N–C) groups is 1. The Morgan fingerprint density at radius 2 is 1.58 bits per heavy atom. The summed E-state index contributed by atoms with van der Waals surface area (Å²) in [5, 5.41) is 21.2. The molecule has 0 spiro atoms. The molecule has 67 heavy (non-hydrogen) atoms. The first kappa shape index (κ1) is 47.2. The number of ether oxygens (including phenoxy) is 1. The van der Waals surface area contributed by atoms with Crippen molar-refractivity contribution in [2.45, 2.75) is 64.5 Å². The molecule has 2 atom stereocenters. The molecule has 352 valence electrons. The number of thiophene rings is 1. The predicted molar refractivity (Wildman–Crippen MR) is 248 cm³/mol. The highest BCUT2D eigenvalue weighted by Crippen LogP contribution is 2.40. The molecule has 4 aliphatic heterocycles. The lowest BCUT2D eigenvalue weighted by atomic mass is 9.99. The lowest BCUT2D eigenvalue weighted by Gasteiger charge is -2.32. The fourth-order valence-electron chi connectivity index (χ4n) is 8.65. The van der Waals surface area contributed by atoms with E-state index in [4.69, 9.17) is 21.3 Å². The summed E-state index contributed by atoms with van der Waals surface area (Å²) in [5.41, 5.74) is 2.84. The van der Waals surface area contributed by atoms with Crippen LogP contribution in [0.1, 0.15) is 103 Å². The lowest BCUT2D eigenvalue weighted by molar-refractivity contribution is -0.136. The van der Waals surface area contributed by atoms with E-state index < -0.39 is 48.2 Å². The van der Waals surface area contributed by atoms with E-state index in [1.807, 2.05) is 30.5 Å². The van der Waals surface area contributed by atoms with Gasteiger partial charge in [0.2, 0.25) is 17.7 Å². The number of carbonyl (C=O) groups excluding carboxylic acids is 7. The van der Waals surface area contributed by atoms with Crippen LogP contribution in [0, 0.1) is 13.8 Å². The minimum absolute atomic E-state index is 0.00752. The Morgan fingerprint density at radius 1 is 0.866 bits per heavy atom. The van der Waals surface area contributed by atoms with Crippen LogP contribution in [0.25, 0.3) is 5.00 Å². The van der Waals surface area contributed by atoms with Crippen LogP contribution in [0.4, 0.5) is 0 Å². The van der Waals surface area contributed by atoms with Gasteiger partial charge in [0.15, 0.2) is 12.4 Å². The number of carbonyl (C=O) groups is 7. The number of benzene rings is 2. The summed E-state index contributed by atoms with van der Waals surface area (Å²) in [7, 11) is 2.13. The molecule has 2 fully saturated rings. The van der Waals surface area contributed by atoms with Crippen molar-refractivity contribution in [2.24, 2.45) is 4.99 Å². The van der Waals surface area contributed by atoms with E-state index in [1.54, 1.807) is 12.1 Å². The highest BCUT2D eigenvalue weighted by Gasteiger charge is 2.46. The topological polar surface area (TPSA) is 230 Å². The smallest absolute Gasteiger partial charge is 0.266 e. The Morgan fingerprint density at radius 3 is 2.33 bits per heavy atom. The summed E-state index contributed by atoms with van der Waals surface area (Å²) in [5.74, 6) is -2.36. The van der Waals surface area contributed by atoms with Gasteiger partial charge in [0.25, 0.3) is 23.6 Å². The number of likely N-dealkylation sites (N-methyl/N-ethyl adjacent to an activating group) is 1. The van der Waals surface area contributed by atoms with Crippen molar-refractivity contribution in [3.8, 4) is 10.8 Å². The van der Waals surface area contributed by atoms with E-state index >= 15 is 0 Å². The van der Waals surface area contributed by atoms with Gasteiger partial charge in [-0.2, -0.15) is 0 Å². The monoisotopic (exact) mass is 953 g/mol. The molecule has 2 saturated heterocycles. The molecular weight excluding hydrogens is 902 g/mol. The van der Waals surface area contributed by atoms with Crippen LogP contribution in [0.15, 0.2) is 47.5 Å². The average Bonchev–Trinajstić information content (AvgIpc) is 3.91. The van der Waals surface area contributed by atoms with E-state index in [0.29, 0.717) is 58.8 Å². The molecule has 19 nitrogen and oxygen atoms in total. The van der Waals surface area contributed by atoms with E-state index in [-0.39, 0.29) is 54.5 Å². The molecule has 4 aliphatic rings. The zero-order chi connectivity index (χ0) is 47.4. The Hall–Kier alpha value is -6.35. The molecule has 0 aliphatic carbocycles. The third kappa shape index (κ3) is 10.3. The maximum atomic E-state index is 13.8. The number of fused-ring (bicyclic) bond motifs is 4. The standard InChI is InChI=1S/C46H52ClN11O8S/c1-26-37-39(28-10-12-29(47)13-11-28)51-31(24-35(60)48-18-7-19-56-22-20-55(3)21-23-56)41-54-53-27(2)57(41)46(37)67-40(26)43(63)50-17-5-4-16-49-36(61)25-66-33-9-6-8-30-38(33)45(65)58(44(30)64)32-14-15-34(59)52-42(32)62/h6,8-13,31-32H,4-5,7,14-25H2,1-3H3,(H,48,60)(H,49,61)(H,50,63)(H,52,59,62)/t31-,32?/m0/s1. The van der Waals surface area contributed by atoms with Crippen molar-refractivity contribution in [1.29, 1.82) is 0 Å². The molecule has 4 N–H and O–H groups in total. The SMILES string of the molecule is Cc1c(C(=O)NCCCCNC(=O)COc2cccc3c2C(=O)N(C2CCC(=O)NC2=O)C3=O)sc2c1C(c1ccc(Cl)cc1)=N[C@@H](CC(=O)NCCCN1CCN(C)CC1)c1nnc(C)n1-2. The minimum atomic E-state index is -1.13. The summed E-state index contributed by atoms with van der Waals surface area (Å²) in [6.45, 7) is 9.47. The largest absolute Gasteiger partial charge is 0.483 e. The molecule has 6 heterocycles. The van der Waals surface area contributed by atoms with Gasteiger partial charge in [-0.05, 0) is 83.0 Å². The van der Waals surface area contributed by atoms with Crippen molar-refractivity contribution >= 4 is 70.0 Å². The van der Waals surface area contributed by atoms with E-state index in [0.717, 1.165) is 60.2 Å². The molecule has 2 aromatic heterocycles. The second kappa shape index (κ2) is 20.7. The second-order valence-corrected chi connectivity index (χ2v) is 18.4. The van der Waals surface area contributed by atoms with Gasteiger partial charge in [-0.3, -0.25) is 53.3 Å². The lowest BCUT2D eigenvalue weighted by Crippen LogP contribution is -2.54. The first-order valence-corrected chi connectivity index (χ1v) is 23.6. The van der Waals surface area contributed by atoms with Crippen molar-refractivity contribution < 1.29 is 38.3 Å². The number of amides is 7. The molecule has 2 aromatic carbocycles. The minimum Gasteiger partial charge on any atom is -0.483 e. The van der Waals surface area contributed by atoms with Gasteiger partial charge in [0.05, 0.1) is 28.1 Å². The summed E-state index contributed by atoms with van der Waals surface area (Å²) in [4.78, 5) is 102. The quantitative estimate of drug-likeness (QED) is 0.0885. The summed E-state index contributed by atoms with van der Waals surface area (Å²) in [6, 6.07) is 9.95. The third-order valence-electron chi connectivity index (χ3n) is 12.3. The number of piperazine rings is 1. The molecule has 4 aromatic rings. The van der Waals surface area contributed by atoms with Crippen molar-refractivity contribution in [2.75, 3.05) is 66.0 Å². The van der Waals surface area contributed by atoms with Crippen LogP contribution >= 0.6 is 22.9 Å². The van der Waals surface area contributed by atoms with Gasteiger partial charge < -0.3 is 30.5 Å². The number of aryl methyl sites for hydroxylation is 1. The number of rotatable bonds is 17. The fourth-order valence-corrected chi connectivity index (χ4v) is 10.1. The Kier molecular flexibility index (Phi) is 14.5. The van der Waals surface area contributed by atoms with Gasteiger partial charge in [-0.25, -0.2) is 0 Å². The third-order valence-corrected chi connectivity index (χ3v) is 13.8. The predicted octanol–water partition coefficient (Wildman–Crippen LogP) is 2.74. The summed E-state index contributed by atoms with van der Waals surface area (Å²) < 4.78 is 7.58. The number of aromatic nitrogens is 3. The van der Waals surface area contributed by atoms with Gasteiger partial charge in [0.1, 0.15) is 28.7 Å². The fraction of sp³-hybridized carbons (Fsp3) is 0.435. The second-order valence-electron chi connectivity index (χ2n) is 17.0. The molecule has 1 unspecified atom stereocenters. The molecule has 21 heteroatoms.